The lowest BCUT2D eigenvalue weighted by Gasteiger charge is -2.14. The summed E-state index contributed by atoms with van der Waals surface area (Å²) in [6.07, 6.45) is 3.39. The van der Waals surface area contributed by atoms with Gasteiger partial charge < -0.3 is 0 Å². The molecule has 19 heavy (non-hydrogen) atoms. The average Bonchev–Trinajstić information content (AvgIpc) is 2.75. The minimum atomic E-state index is -0.295. The van der Waals surface area contributed by atoms with Gasteiger partial charge in [0, 0.05) is 6.54 Å². The molecule has 0 aliphatic rings. The van der Waals surface area contributed by atoms with Crippen molar-refractivity contribution >= 4 is 18.3 Å². The van der Waals surface area contributed by atoms with E-state index in [0.29, 0.717) is 24.5 Å². The molecule has 1 heterocycles. The molecule has 1 atom stereocenters. The minimum absolute atomic E-state index is 0.208. The van der Waals surface area contributed by atoms with E-state index in [0.717, 1.165) is 30.8 Å². The molecular formula is C13H23N3O2S. The van der Waals surface area contributed by atoms with Gasteiger partial charge in [0.1, 0.15) is 11.4 Å². The Kier molecular flexibility index (Phi) is 6.34. The van der Waals surface area contributed by atoms with Crippen molar-refractivity contribution in [2.24, 2.45) is 5.92 Å². The van der Waals surface area contributed by atoms with Gasteiger partial charge >= 0.3 is 5.69 Å². The SMILES string of the molecule is CCCC(CS)Cn1nc(CC)c([N+](=O)[O-])c1CC. The highest BCUT2D eigenvalue weighted by atomic mass is 32.1. The molecule has 0 saturated carbocycles. The Morgan fingerprint density at radius 1 is 1.37 bits per heavy atom. The third-order valence-electron chi connectivity index (χ3n) is 3.34. The van der Waals surface area contributed by atoms with Gasteiger partial charge in [-0.3, -0.25) is 14.8 Å². The lowest BCUT2D eigenvalue weighted by atomic mass is 10.1. The highest BCUT2D eigenvalue weighted by Crippen LogP contribution is 2.26. The molecule has 5 nitrogen and oxygen atoms in total. The van der Waals surface area contributed by atoms with Gasteiger partial charge in [0.25, 0.3) is 0 Å². The molecular weight excluding hydrogens is 262 g/mol. The van der Waals surface area contributed by atoms with Crippen molar-refractivity contribution in [3.8, 4) is 0 Å². The van der Waals surface area contributed by atoms with Crippen LogP contribution >= 0.6 is 12.6 Å². The zero-order valence-corrected chi connectivity index (χ0v) is 12.8. The summed E-state index contributed by atoms with van der Waals surface area (Å²) in [5.41, 5.74) is 1.54. The molecule has 0 bridgehead atoms. The van der Waals surface area contributed by atoms with E-state index in [9.17, 15) is 10.1 Å². The lowest BCUT2D eigenvalue weighted by Crippen LogP contribution is -2.15. The number of hydrogen-bond acceptors (Lipinski definition) is 4. The Morgan fingerprint density at radius 3 is 2.47 bits per heavy atom. The van der Waals surface area contributed by atoms with Gasteiger partial charge in [-0.1, -0.05) is 27.2 Å². The molecule has 0 amide bonds. The third-order valence-corrected chi connectivity index (χ3v) is 3.85. The molecule has 108 valence electrons. The minimum Gasteiger partial charge on any atom is -0.262 e. The fourth-order valence-electron chi connectivity index (χ4n) is 2.39. The Hall–Kier alpha value is -1.04. The lowest BCUT2D eigenvalue weighted by molar-refractivity contribution is -0.386. The Morgan fingerprint density at radius 2 is 2.05 bits per heavy atom. The van der Waals surface area contributed by atoms with Crippen LogP contribution in [0.4, 0.5) is 5.69 Å². The normalized spacial score (nSPS) is 12.6. The van der Waals surface area contributed by atoms with Gasteiger partial charge in [-0.25, -0.2) is 0 Å². The molecule has 1 aromatic heterocycles. The van der Waals surface area contributed by atoms with Crippen LogP contribution in [0, 0.1) is 16.0 Å². The van der Waals surface area contributed by atoms with Crippen molar-refractivity contribution < 1.29 is 4.92 Å². The van der Waals surface area contributed by atoms with Crippen molar-refractivity contribution in [1.82, 2.24) is 9.78 Å². The zero-order valence-electron chi connectivity index (χ0n) is 11.9. The molecule has 1 rings (SSSR count). The van der Waals surface area contributed by atoms with Gasteiger partial charge in [-0.05, 0) is 30.9 Å². The van der Waals surface area contributed by atoms with Crippen LogP contribution in [0.15, 0.2) is 0 Å². The third kappa shape index (κ3) is 3.72. The maximum absolute atomic E-state index is 11.2. The first-order valence-electron chi connectivity index (χ1n) is 6.92. The molecule has 0 fully saturated rings. The quantitative estimate of drug-likeness (QED) is 0.453. The molecule has 0 aliphatic carbocycles. The van der Waals surface area contributed by atoms with Crippen molar-refractivity contribution in [2.45, 2.75) is 53.0 Å². The van der Waals surface area contributed by atoms with E-state index in [1.54, 1.807) is 0 Å². The predicted octanol–water partition coefficient (Wildman–Crippen LogP) is 3.26. The smallest absolute Gasteiger partial charge is 0.262 e. The number of aryl methyl sites for hydroxylation is 1. The summed E-state index contributed by atoms with van der Waals surface area (Å²) in [6, 6.07) is 0. The van der Waals surface area contributed by atoms with Gasteiger partial charge in [-0.15, -0.1) is 0 Å². The standard InChI is InChI=1S/C13H23N3O2S/c1-4-7-10(9-19)8-15-12(6-3)13(16(17)18)11(5-2)14-15/h10,19H,4-9H2,1-3H3. The fraction of sp³-hybridized carbons (Fsp3) is 0.769. The van der Waals surface area contributed by atoms with Crippen molar-refractivity contribution in [3.63, 3.8) is 0 Å². The molecule has 0 radical (unpaired) electrons. The first-order chi connectivity index (χ1) is 9.08. The second kappa shape index (κ2) is 7.53. The first kappa shape index (κ1) is 16.0. The van der Waals surface area contributed by atoms with Gasteiger partial charge in [0.2, 0.25) is 0 Å². The van der Waals surface area contributed by atoms with Crippen LogP contribution in [0.1, 0.15) is 45.0 Å². The van der Waals surface area contributed by atoms with E-state index in [4.69, 9.17) is 0 Å². The molecule has 1 unspecified atom stereocenters. The summed E-state index contributed by atoms with van der Waals surface area (Å²) in [4.78, 5) is 10.9. The number of nitrogens with zero attached hydrogens (tertiary/aromatic N) is 3. The van der Waals surface area contributed by atoms with E-state index >= 15 is 0 Å². The van der Waals surface area contributed by atoms with E-state index < -0.39 is 0 Å². The summed E-state index contributed by atoms with van der Waals surface area (Å²) in [5, 5.41) is 15.6. The Balaban J connectivity index is 3.09. The highest BCUT2D eigenvalue weighted by molar-refractivity contribution is 7.80. The van der Waals surface area contributed by atoms with E-state index in [-0.39, 0.29) is 10.6 Å². The van der Waals surface area contributed by atoms with Gasteiger partial charge in [0.05, 0.1) is 4.92 Å². The van der Waals surface area contributed by atoms with Crippen LogP contribution in [-0.2, 0) is 19.4 Å². The second-order valence-electron chi connectivity index (χ2n) is 4.73. The molecule has 1 aromatic rings. The van der Waals surface area contributed by atoms with Gasteiger partial charge in [-0.2, -0.15) is 17.7 Å². The van der Waals surface area contributed by atoms with Crippen LogP contribution in [0.2, 0.25) is 0 Å². The van der Waals surface area contributed by atoms with E-state index in [1.165, 1.54) is 0 Å². The first-order valence-corrected chi connectivity index (χ1v) is 7.55. The molecule has 0 aromatic carbocycles. The summed E-state index contributed by atoms with van der Waals surface area (Å²) in [5.74, 6) is 1.20. The summed E-state index contributed by atoms with van der Waals surface area (Å²) < 4.78 is 1.83. The van der Waals surface area contributed by atoms with Crippen LogP contribution in [0.5, 0.6) is 0 Å². The molecule has 0 saturated heterocycles. The predicted molar refractivity (Wildman–Crippen MR) is 79.9 cm³/mol. The maximum Gasteiger partial charge on any atom is 0.313 e. The number of rotatable bonds is 8. The van der Waals surface area contributed by atoms with Crippen LogP contribution in [-0.4, -0.2) is 20.5 Å². The van der Waals surface area contributed by atoms with Gasteiger partial charge in [0.15, 0.2) is 0 Å². The van der Waals surface area contributed by atoms with E-state index in [1.807, 2.05) is 18.5 Å². The number of aromatic nitrogens is 2. The molecule has 0 spiro atoms. The maximum atomic E-state index is 11.2. The topological polar surface area (TPSA) is 61.0 Å². The second-order valence-corrected chi connectivity index (χ2v) is 5.09. The van der Waals surface area contributed by atoms with E-state index in [2.05, 4.69) is 24.7 Å². The number of hydrogen-bond donors (Lipinski definition) is 1. The molecule has 6 heteroatoms. The summed E-state index contributed by atoms with van der Waals surface area (Å²) in [7, 11) is 0. The molecule has 0 aliphatic heterocycles. The summed E-state index contributed by atoms with van der Waals surface area (Å²) in [6.45, 7) is 6.71. The van der Waals surface area contributed by atoms with Crippen LogP contribution in [0.3, 0.4) is 0 Å². The monoisotopic (exact) mass is 285 g/mol. The highest BCUT2D eigenvalue weighted by Gasteiger charge is 2.26. The molecule has 0 N–H and O–H groups in total. The van der Waals surface area contributed by atoms with Crippen molar-refractivity contribution in [3.05, 3.63) is 21.5 Å². The zero-order chi connectivity index (χ0) is 14.4. The Bertz CT molecular complexity index is 432. The van der Waals surface area contributed by atoms with Crippen LogP contribution < -0.4 is 0 Å². The number of nitro groups is 1. The number of thiol groups is 1. The summed E-state index contributed by atoms with van der Waals surface area (Å²) >= 11 is 4.36. The van der Waals surface area contributed by atoms with Crippen molar-refractivity contribution in [2.75, 3.05) is 5.75 Å². The average molecular weight is 285 g/mol. The van der Waals surface area contributed by atoms with Crippen molar-refractivity contribution in [1.29, 1.82) is 0 Å². The Labute approximate surface area is 119 Å². The largest absolute Gasteiger partial charge is 0.313 e. The fourth-order valence-corrected chi connectivity index (χ4v) is 2.68. The van der Waals surface area contributed by atoms with Crippen LogP contribution in [0.25, 0.3) is 0 Å².